The van der Waals surface area contributed by atoms with Gasteiger partial charge in [-0.1, -0.05) is 48.5 Å². The van der Waals surface area contributed by atoms with E-state index in [9.17, 15) is 24.3 Å². The van der Waals surface area contributed by atoms with Gasteiger partial charge in [0.2, 0.25) is 11.8 Å². The molecule has 0 bridgehead atoms. The molecule has 8 rings (SSSR count). The number of alkyl carbamates (subject to hydrolysis) is 1. The summed E-state index contributed by atoms with van der Waals surface area (Å²) in [6.07, 6.45) is 7.71. The number of H-pyrrole nitrogens is 2. The number of amides is 4. The minimum Gasteiger partial charge on any atom is -0.465 e. The first kappa shape index (κ1) is 41.0. The fourth-order valence-electron chi connectivity index (χ4n) is 9.42. The fraction of sp³-hybridized carbons (Fsp3) is 0.500. The Balaban J connectivity index is 0.918. The van der Waals surface area contributed by atoms with Crippen molar-refractivity contribution in [1.29, 1.82) is 0 Å². The van der Waals surface area contributed by atoms with Crippen LogP contribution in [0, 0.1) is 11.8 Å². The molecule has 4 aromatic rings. The molecule has 318 valence electrons. The second-order valence-corrected chi connectivity index (χ2v) is 16.2. The summed E-state index contributed by atoms with van der Waals surface area (Å²) in [4.78, 5) is 73.4. The predicted molar refractivity (Wildman–Crippen MR) is 220 cm³/mol. The number of likely N-dealkylation sites (N-methyl/N-ethyl adjacent to an activating group) is 1. The smallest absolute Gasteiger partial charge is 0.407 e. The number of hydrogen-bond acceptors (Lipinski definition) is 9. The van der Waals surface area contributed by atoms with Crippen LogP contribution >= 0.6 is 0 Å². The molecular formula is C44H54N8O8. The Bertz CT molecular complexity index is 2130. The molecule has 4 N–H and O–H groups in total. The highest BCUT2D eigenvalue weighted by atomic mass is 16.5. The van der Waals surface area contributed by atoms with Crippen molar-refractivity contribution in [1.82, 2.24) is 40.0 Å². The average Bonchev–Trinajstić information content (AvgIpc) is 4.13. The number of hydrogen-bond donors (Lipinski definition) is 4. The number of carbonyl (C=O) groups excluding carboxylic acids is 3. The highest BCUT2D eigenvalue weighted by molar-refractivity contribution is 5.87. The van der Waals surface area contributed by atoms with Gasteiger partial charge in [-0.15, -0.1) is 0 Å². The van der Waals surface area contributed by atoms with Crippen LogP contribution < -0.4 is 5.32 Å². The topological polar surface area (TPSA) is 195 Å². The molecule has 4 fully saturated rings. The maximum absolute atomic E-state index is 14.0. The normalized spacial score (nSPS) is 21.1. The largest absolute Gasteiger partial charge is 0.465 e. The Morgan fingerprint density at radius 3 is 1.63 bits per heavy atom. The maximum Gasteiger partial charge on any atom is 0.407 e. The molecule has 16 heteroatoms. The highest BCUT2D eigenvalue weighted by Gasteiger charge is 2.43. The van der Waals surface area contributed by atoms with Crippen molar-refractivity contribution in [2.24, 2.45) is 11.8 Å². The lowest BCUT2D eigenvalue weighted by Gasteiger charge is -2.37. The first-order valence-corrected chi connectivity index (χ1v) is 21.1. The van der Waals surface area contributed by atoms with Crippen molar-refractivity contribution in [2.45, 2.75) is 75.5 Å². The van der Waals surface area contributed by atoms with Crippen molar-refractivity contribution in [3.05, 3.63) is 72.6 Å². The Kier molecular flexibility index (Phi) is 12.5. The average molecular weight is 823 g/mol. The number of rotatable bonds is 11. The van der Waals surface area contributed by atoms with Crippen molar-refractivity contribution >= 4 is 24.0 Å². The molecule has 0 saturated carbocycles. The minimum atomic E-state index is -1.11. The zero-order valence-corrected chi connectivity index (χ0v) is 34.2. The molecule has 4 aliphatic rings. The number of aromatic amines is 2. The molecule has 4 amide bonds. The van der Waals surface area contributed by atoms with Crippen molar-refractivity contribution in [3.8, 4) is 33.6 Å². The molecule has 2 aromatic heterocycles. The van der Waals surface area contributed by atoms with Crippen molar-refractivity contribution < 1.29 is 38.5 Å². The van der Waals surface area contributed by atoms with E-state index in [1.165, 1.54) is 14.2 Å². The molecule has 0 spiro atoms. The first-order chi connectivity index (χ1) is 29.2. The third-order valence-electron chi connectivity index (χ3n) is 12.8. The molecule has 60 heavy (non-hydrogen) atoms. The van der Waals surface area contributed by atoms with Crippen LogP contribution in [0.4, 0.5) is 9.59 Å². The molecule has 4 atom stereocenters. The van der Waals surface area contributed by atoms with Gasteiger partial charge in [0, 0.05) is 46.6 Å². The summed E-state index contributed by atoms with van der Waals surface area (Å²) in [5.41, 5.74) is 5.71. The van der Waals surface area contributed by atoms with Gasteiger partial charge in [-0.2, -0.15) is 0 Å². The van der Waals surface area contributed by atoms with E-state index in [-0.39, 0.29) is 35.7 Å². The van der Waals surface area contributed by atoms with Gasteiger partial charge in [0.25, 0.3) is 0 Å². The van der Waals surface area contributed by atoms with E-state index in [1.54, 1.807) is 17.3 Å². The van der Waals surface area contributed by atoms with Gasteiger partial charge in [-0.05, 0) is 85.5 Å². The lowest BCUT2D eigenvalue weighted by molar-refractivity contribution is -0.140. The van der Waals surface area contributed by atoms with Gasteiger partial charge in [0.15, 0.2) is 0 Å². The van der Waals surface area contributed by atoms with Gasteiger partial charge in [-0.25, -0.2) is 19.6 Å². The third kappa shape index (κ3) is 8.61. The monoisotopic (exact) mass is 822 g/mol. The minimum absolute atomic E-state index is 0.0314. The van der Waals surface area contributed by atoms with E-state index in [0.717, 1.165) is 70.0 Å². The number of methoxy groups -OCH3 is 1. The summed E-state index contributed by atoms with van der Waals surface area (Å²) in [6.45, 7) is 3.29. The number of nitrogens with one attached hydrogen (secondary N) is 3. The van der Waals surface area contributed by atoms with Gasteiger partial charge in [0.1, 0.15) is 23.7 Å². The molecule has 0 radical (unpaired) electrons. The number of benzene rings is 2. The summed E-state index contributed by atoms with van der Waals surface area (Å²) < 4.78 is 15.9. The Morgan fingerprint density at radius 1 is 0.717 bits per heavy atom. The number of carboxylic acid groups (broad SMARTS) is 1. The summed E-state index contributed by atoms with van der Waals surface area (Å²) in [5.74, 6) is 0.998. The second-order valence-electron chi connectivity index (χ2n) is 16.2. The van der Waals surface area contributed by atoms with E-state index < -0.39 is 24.3 Å². The molecule has 4 aliphatic heterocycles. The van der Waals surface area contributed by atoms with Crippen LogP contribution in [0.1, 0.15) is 75.1 Å². The molecule has 0 unspecified atom stereocenters. The van der Waals surface area contributed by atoms with Crippen molar-refractivity contribution in [3.63, 3.8) is 0 Å². The number of likely N-dealkylation sites (tertiary alicyclic amines) is 2. The summed E-state index contributed by atoms with van der Waals surface area (Å²) >= 11 is 0. The number of ether oxygens (including phenoxy) is 3. The van der Waals surface area contributed by atoms with E-state index in [4.69, 9.17) is 24.2 Å². The van der Waals surface area contributed by atoms with E-state index in [1.807, 2.05) is 17.0 Å². The maximum atomic E-state index is 14.0. The molecule has 4 saturated heterocycles. The standard InChI is InChI=1S/C44H54N8O8/c1-50(44(56)57)38(32-17-23-60-24-18-32)42(54)52-20-4-6-36(52)40-46-26-34(48-40)30-13-9-28(10-14-30)27-7-11-29(12-8-27)33-25-45-39(47-33)35-5-3-19-51(35)41(53)37(49-43(55)58-2)31-15-21-59-22-16-31/h7-14,25-26,31-32,35-38H,3-6,15-24H2,1-2H3,(H,45,47)(H,46,48)(H,49,55)(H,56,57)/t35-,36-,37-,38-/m0/s1. The molecular weight excluding hydrogens is 769 g/mol. The van der Waals surface area contributed by atoms with Gasteiger partial charge in [0.05, 0.1) is 43.0 Å². The first-order valence-electron chi connectivity index (χ1n) is 21.1. The van der Waals surface area contributed by atoms with E-state index in [0.29, 0.717) is 71.0 Å². The lowest BCUT2D eigenvalue weighted by atomic mass is 9.89. The van der Waals surface area contributed by atoms with Gasteiger partial charge < -0.3 is 44.4 Å². The van der Waals surface area contributed by atoms with Crippen molar-refractivity contribution in [2.75, 3.05) is 53.7 Å². The van der Waals surface area contributed by atoms with Crippen LogP contribution in [-0.4, -0.2) is 130 Å². The van der Waals surface area contributed by atoms with Crippen LogP contribution in [0.15, 0.2) is 60.9 Å². The number of nitrogens with zero attached hydrogens (tertiary/aromatic N) is 5. The zero-order chi connectivity index (χ0) is 41.8. The number of carbonyl (C=O) groups is 4. The summed E-state index contributed by atoms with van der Waals surface area (Å²) in [7, 11) is 2.79. The zero-order valence-electron chi connectivity index (χ0n) is 34.2. The van der Waals surface area contributed by atoms with Gasteiger partial charge in [-0.3, -0.25) is 14.5 Å². The van der Waals surface area contributed by atoms with Crippen LogP contribution in [0.25, 0.3) is 33.6 Å². The number of imidazole rings is 2. The Hall–Kier alpha value is -5.74. The molecule has 6 heterocycles. The second kappa shape index (κ2) is 18.3. The summed E-state index contributed by atoms with van der Waals surface area (Å²) in [5, 5.41) is 12.6. The predicted octanol–water partition coefficient (Wildman–Crippen LogP) is 6.02. The molecule has 16 nitrogen and oxygen atoms in total. The highest BCUT2D eigenvalue weighted by Crippen LogP contribution is 2.37. The summed E-state index contributed by atoms with van der Waals surface area (Å²) in [6, 6.07) is 14.5. The van der Waals surface area contributed by atoms with Crippen LogP contribution in [-0.2, 0) is 23.8 Å². The lowest BCUT2D eigenvalue weighted by Crippen LogP contribution is -2.53. The van der Waals surface area contributed by atoms with Crippen LogP contribution in [0.3, 0.4) is 0 Å². The molecule has 0 aliphatic carbocycles. The van der Waals surface area contributed by atoms with Gasteiger partial charge >= 0.3 is 12.2 Å². The Labute approximate surface area is 349 Å². The quantitative estimate of drug-likeness (QED) is 0.139. The SMILES string of the molecule is COC(=O)N[C@H](C(=O)N1CCC[C@H]1c1ncc(-c2ccc(-c3ccc(-c4cnc([C@@H]5CCCN5C(=O)[C@H](C5CCOCC5)N(C)C(=O)O)[nH]4)cc3)cc2)[nH]1)C1CCOCC1. The van der Waals surface area contributed by atoms with E-state index in [2.05, 4.69) is 51.7 Å². The Morgan fingerprint density at radius 2 is 1.17 bits per heavy atom. The van der Waals surface area contributed by atoms with Crippen LogP contribution in [0.5, 0.6) is 0 Å². The number of aromatic nitrogens is 4. The molecule has 2 aromatic carbocycles. The van der Waals surface area contributed by atoms with E-state index >= 15 is 0 Å². The fourth-order valence-corrected chi connectivity index (χ4v) is 9.42. The van der Waals surface area contributed by atoms with Crippen LogP contribution in [0.2, 0.25) is 0 Å². The third-order valence-corrected chi connectivity index (χ3v) is 12.8.